The zero-order chi connectivity index (χ0) is 27.6. The van der Waals surface area contributed by atoms with Crippen molar-refractivity contribution in [2.24, 2.45) is 4.99 Å². The van der Waals surface area contributed by atoms with E-state index in [0.29, 0.717) is 30.2 Å². The summed E-state index contributed by atoms with van der Waals surface area (Å²) in [5, 5.41) is 2.93. The molecule has 0 fully saturated rings. The zero-order valence-corrected chi connectivity index (χ0v) is 22.7. The van der Waals surface area contributed by atoms with E-state index >= 15 is 0 Å². The summed E-state index contributed by atoms with van der Waals surface area (Å²) in [7, 11) is 3.40. The van der Waals surface area contributed by atoms with Gasteiger partial charge < -0.3 is 19.5 Å². The van der Waals surface area contributed by atoms with Gasteiger partial charge in [-0.3, -0.25) is 14.7 Å². The first kappa shape index (κ1) is 28.2. The number of aliphatic imine (C=N–C) groups is 1. The fraction of sp³-hybridized carbons (Fsp3) is 0.323. The maximum absolute atomic E-state index is 13.3. The van der Waals surface area contributed by atoms with Crippen LogP contribution in [0.3, 0.4) is 0 Å². The van der Waals surface area contributed by atoms with Gasteiger partial charge >= 0.3 is 5.97 Å². The van der Waals surface area contributed by atoms with Crippen LogP contribution in [-0.2, 0) is 25.5 Å². The highest BCUT2D eigenvalue weighted by molar-refractivity contribution is 6.24. The van der Waals surface area contributed by atoms with Crippen LogP contribution in [0.5, 0.6) is 0 Å². The molecule has 1 unspecified atom stereocenters. The highest BCUT2D eigenvalue weighted by Crippen LogP contribution is 2.37. The lowest BCUT2D eigenvalue weighted by Crippen LogP contribution is -2.30. The number of rotatable bonds is 13. The minimum atomic E-state index is -0.614. The predicted molar refractivity (Wildman–Crippen MR) is 152 cm³/mol. The quantitative estimate of drug-likeness (QED) is 0.252. The Bertz CT molecular complexity index is 1280. The smallest absolute Gasteiger partial charge is 0.338 e. The van der Waals surface area contributed by atoms with Gasteiger partial charge in [0.2, 0.25) is 5.91 Å². The standard InChI is InChI=1S/C31H35N3O5/c1-4-39-31(36)24-12-15-26-27(20-24)33-30(35)28(26)29(23-8-6-5-7-9-23)32-25-13-10-22(11-14-25)21-34(16-18-37-2)17-19-38-3/h5-15,20,28H,4,16-19,21H2,1-3H3,(H,33,35). The number of ether oxygens (including phenoxy) is 3. The fourth-order valence-electron chi connectivity index (χ4n) is 4.56. The van der Waals surface area contributed by atoms with Crippen molar-refractivity contribution in [1.82, 2.24) is 4.90 Å². The fourth-order valence-corrected chi connectivity index (χ4v) is 4.56. The van der Waals surface area contributed by atoms with Crippen LogP contribution >= 0.6 is 0 Å². The first-order valence-corrected chi connectivity index (χ1v) is 13.1. The van der Waals surface area contributed by atoms with E-state index in [2.05, 4.69) is 22.3 Å². The van der Waals surface area contributed by atoms with Gasteiger partial charge in [-0.2, -0.15) is 0 Å². The second kappa shape index (κ2) is 13.8. The molecular weight excluding hydrogens is 494 g/mol. The predicted octanol–water partition coefficient (Wildman–Crippen LogP) is 4.81. The van der Waals surface area contributed by atoms with Gasteiger partial charge in [0.15, 0.2) is 0 Å². The zero-order valence-electron chi connectivity index (χ0n) is 22.7. The minimum Gasteiger partial charge on any atom is -0.462 e. The number of fused-ring (bicyclic) bond motifs is 1. The van der Waals surface area contributed by atoms with Crippen molar-refractivity contribution in [2.75, 3.05) is 52.4 Å². The molecule has 1 N–H and O–H groups in total. The van der Waals surface area contributed by atoms with E-state index in [0.717, 1.165) is 42.0 Å². The number of anilines is 1. The number of nitrogens with one attached hydrogen (secondary N) is 1. The third-order valence-electron chi connectivity index (χ3n) is 6.55. The molecule has 1 amide bonds. The minimum absolute atomic E-state index is 0.183. The van der Waals surface area contributed by atoms with E-state index in [1.807, 2.05) is 42.5 Å². The van der Waals surface area contributed by atoms with Gasteiger partial charge in [-0.05, 0) is 47.9 Å². The van der Waals surface area contributed by atoms with Crippen molar-refractivity contribution in [3.05, 3.63) is 95.1 Å². The van der Waals surface area contributed by atoms with Crippen LogP contribution in [-0.4, -0.2) is 69.6 Å². The Labute approximate surface area is 229 Å². The molecule has 8 nitrogen and oxygen atoms in total. The van der Waals surface area contributed by atoms with Crippen molar-refractivity contribution >= 4 is 29.0 Å². The summed E-state index contributed by atoms with van der Waals surface area (Å²) in [6, 6.07) is 22.9. The highest BCUT2D eigenvalue weighted by Gasteiger charge is 2.36. The average Bonchev–Trinajstić information content (AvgIpc) is 3.29. The number of nitrogens with zero attached hydrogens (tertiary/aromatic N) is 2. The second-order valence-corrected chi connectivity index (χ2v) is 9.24. The van der Waals surface area contributed by atoms with Gasteiger partial charge in [0.05, 0.1) is 36.8 Å². The Morgan fingerprint density at radius 2 is 1.62 bits per heavy atom. The Morgan fingerprint density at radius 1 is 0.923 bits per heavy atom. The first-order valence-electron chi connectivity index (χ1n) is 13.1. The van der Waals surface area contributed by atoms with E-state index in [4.69, 9.17) is 19.2 Å². The van der Waals surface area contributed by atoms with Crippen LogP contribution in [0.2, 0.25) is 0 Å². The number of methoxy groups -OCH3 is 2. The molecular formula is C31H35N3O5. The molecule has 3 aromatic carbocycles. The average molecular weight is 530 g/mol. The molecule has 0 aliphatic carbocycles. The van der Waals surface area contributed by atoms with Crippen LogP contribution in [0.25, 0.3) is 0 Å². The Hall–Kier alpha value is -3.85. The summed E-state index contributed by atoms with van der Waals surface area (Å²) >= 11 is 0. The molecule has 1 aliphatic rings. The second-order valence-electron chi connectivity index (χ2n) is 9.24. The van der Waals surface area contributed by atoms with E-state index in [1.165, 1.54) is 0 Å². The van der Waals surface area contributed by atoms with Crippen LogP contribution in [0.1, 0.15) is 39.9 Å². The molecule has 4 rings (SSSR count). The van der Waals surface area contributed by atoms with Gasteiger partial charge in [0.1, 0.15) is 5.92 Å². The van der Waals surface area contributed by atoms with Crippen molar-refractivity contribution in [2.45, 2.75) is 19.4 Å². The lowest BCUT2D eigenvalue weighted by molar-refractivity contribution is -0.115. The third-order valence-corrected chi connectivity index (χ3v) is 6.55. The lowest BCUT2D eigenvalue weighted by Gasteiger charge is -2.21. The summed E-state index contributed by atoms with van der Waals surface area (Å²) in [4.78, 5) is 32.7. The number of carbonyl (C=O) groups excluding carboxylic acids is 2. The molecule has 0 saturated heterocycles. The van der Waals surface area contributed by atoms with Gasteiger partial charge in [-0.25, -0.2) is 4.79 Å². The Balaban J connectivity index is 1.63. The molecule has 0 saturated carbocycles. The summed E-state index contributed by atoms with van der Waals surface area (Å²) < 4.78 is 15.6. The number of esters is 1. The number of hydrogen-bond donors (Lipinski definition) is 1. The summed E-state index contributed by atoms with van der Waals surface area (Å²) in [5.74, 6) is -1.22. The molecule has 8 heteroatoms. The lowest BCUT2D eigenvalue weighted by atomic mass is 9.90. The molecule has 3 aromatic rings. The molecule has 1 aliphatic heterocycles. The number of amides is 1. The molecule has 0 bridgehead atoms. The van der Waals surface area contributed by atoms with E-state index < -0.39 is 11.9 Å². The maximum atomic E-state index is 13.3. The summed E-state index contributed by atoms with van der Waals surface area (Å²) in [5.41, 5.74) is 5.18. The van der Waals surface area contributed by atoms with Gasteiger partial charge in [0.25, 0.3) is 0 Å². The maximum Gasteiger partial charge on any atom is 0.338 e. The number of benzene rings is 3. The molecule has 1 heterocycles. The normalized spacial score (nSPS) is 14.8. The highest BCUT2D eigenvalue weighted by atomic mass is 16.5. The number of carbonyl (C=O) groups is 2. The van der Waals surface area contributed by atoms with E-state index in [1.54, 1.807) is 39.3 Å². The molecule has 1 atom stereocenters. The van der Waals surface area contributed by atoms with Crippen LogP contribution < -0.4 is 5.32 Å². The van der Waals surface area contributed by atoms with Crippen molar-refractivity contribution in [3.63, 3.8) is 0 Å². The van der Waals surface area contributed by atoms with Gasteiger partial charge in [-0.15, -0.1) is 0 Å². The monoisotopic (exact) mass is 529 g/mol. The first-order chi connectivity index (χ1) is 19.0. The Morgan fingerprint density at radius 3 is 2.26 bits per heavy atom. The van der Waals surface area contributed by atoms with Crippen LogP contribution in [0.15, 0.2) is 77.8 Å². The molecule has 0 spiro atoms. The third kappa shape index (κ3) is 7.17. The topological polar surface area (TPSA) is 89.5 Å². The largest absolute Gasteiger partial charge is 0.462 e. The van der Waals surface area contributed by atoms with Gasteiger partial charge in [0, 0.05) is 39.5 Å². The molecule has 39 heavy (non-hydrogen) atoms. The van der Waals surface area contributed by atoms with Crippen molar-refractivity contribution in [3.8, 4) is 0 Å². The molecule has 0 radical (unpaired) electrons. The molecule has 0 aromatic heterocycles. The molecule has 204 valence electrons. The van der Waals surface area contributed by atoms with E-state index in [9.17, 15) is 9.59 Å². The van der Waals surface area contributed by atoms with E-state index in [-0.39, 0.29) is 12.5 Å². The van der Waals surface area contributed by atoms with Crippen LogP contribution in [0, 0.1) is 0 Å². The summed E-state index contributed by atoms with van der Waals surface area (Å²) in [6.45, 7) is 5.74. The SMILES string of the molecule is CCOC(=O)c1ccc2c(c1)NC(=O)C2C(=Nc1ccc(CN(CCOC)CCOC)cc1)c1ccccc1. The summed E-state index contributed by atoms with van der Waals surface area (Å²) in [6.07, 6.45) is 0. The van der Waals surface area contributed by atoms with Crippen LogP contribution in [0.4, 0.5) is 11.4 Å². The van der Waals surface area contributed by atoms with Crippen molar-refractivity contribution in [1.29, 1.82) is 0 Å². The van der Waals surface area contributed by atoms with Crippen molar-refractivity contribution < 1.29 is 23.8 Å². The van der Waals surface area contributed by atoms with Gasteiger partial charge in [-0.1, -0.05) is 48.5 Å². The Kier molecular flexibility index (Phi) is 9.97. The number of hydrogen-bond acceptors (Lipinski definition) is 7.